The molecule has 0 radical (unpaired) electrons. The number of carbonyl (C=O) groups is 2. The van der Waals surface area contributed by atoms with E-state index in [-0.39, 0.29) is 28.4 Å². The standard InChI is InChI=1S/C27H29FN4O3S/c1-5-32(6-2)23(33)16-36-27-19(15-29)25(18-11-7-8-12-20(18)28)24(17(3)30-27)26(34)31-21-13-9-10-14-22(21)35-4/h7-14,25,30H,5-6,16H2,1-4H3,(H,31,34)/t25-/m1/s1. The number of rotatable bonds is 9. The number of hydrogen-bond acceptors (Lipinski definition) is 6. The van der Waals surface area contributed by atoms with Crippen LogP contribution in [0.5, 0.6) is 5.75 Å². The van der Waals surface area contributed by atoms with Crippen LogP contribution < -0.4 is 15.4 Å². The van der Waals surface area contributed by atoms with Crippen LogP contribution in [-0.4, -0.2) is 42.7 Å². The lowest BCUT2D eigenvalue weighted by atomic mass is 9.82. The van der Waals surface area contributed by atoms with Crippen molar-refractivity contribution in [1.29, 1.82) is 5.26 Å². The van der Waals surface area contributed by atoms with Crippen LogP contribution in [0.2, 0.25) is 0 Å². The first-order valence-corrected chi connectivity index (χ1v) is 12.6. The van der Waals surface area contributed by atoms with Gasteiger partial charge in [-0.3, -0.25) is 9.59 Å². The summed E-state index contributed by atoms with van der Waals surface area (Å²) < 4.78 is 20.4. The molecule has 0 saturated carbocycles. The minimum absolute atomic E-state index is 0.0691. The van der Waals surface area contributed by atoms with Gasteiger partial charge in [0.05, 0.1) is 41.1 Å². The van der Waals surface area contributed by atoms with E-state index in [1.54, 1.807) is 54.3 Å². The number of methoxy groups -OCH3 is 1. The first-order chi connectivity index (χ1) is 17.4. The SMILES string of the molecule is CCN(CC)C(=O)CSC1=C(C#N)[C@@H](c2ccccc2F)C(C(=O)Nc2ccccc2OC)=C(C)N1. The van der Waals surface area contributed by atoms with Crippen LogP contribution in [0, 0.1) is 17.1 Å². The van der Waals surface area contributed by atoms with Gasteiger partial charge in [0.25, 0.3) is 5.91 Å². The minimum Gasteiger partial charge on any atom is -0.495 e. The van der Waals surface area contributed by atoms with Crippen molar-refractivity contribution in [1.82, 2.24) is 10.2 Å². The molecule has 0 unspecified atom stereocenters. The van der Waals surface area contributed by atoms with Crippen molar-refractivity contribution in [2.75, 3.05) is 31.3 Å². The second-order valence-electron chi connectivity index (χ2n) is 7.98. The van der Waals surface area contributed by atoms with E-state index in [4.69, 9.17) is 4.74 Å². The van der Waals surface area contributed by atoms with Crippen LogP contribution >= 0.6 is 11.8 Å². The van der Waals surface area contributed by atoms with Crippen LogP contribution in [0.4, 0.5) is 10.1 Å². The predicted octanol–water partition coefficient (Wildman–Crippen LogP) is 4.77. The number of allylic oxidation sites excluding steroid dienone is 2. The van der Waals surface area contributed by atoms with E-state index in [1.807, 2.05) is 13.8 Å². The molecule has 0 spiro atoms. The lowest BCUT2D eigenvalue weighted by molar-refractivity contribution is -0.128. The molecule has 1 heterocycles. The highest BCUT2D eigenvalue weighted by Crippen LogP contribution is 2.42. The number of carbonyl (C=O) groups excluding carboxylic acids is 2. The Labute approximate surface area is 215 Å². The summed E-state index contributed by atoms with van der Waals surface area (Å²) in [5.74, 6) is -1.48. The molecule has 2 aromatic rings. The average molecular weight is 509 g/mol. The van der Waals surface area contributed by atoms with Crippen LogP contribution in [0.15, 0.2) is 70.4 Å². The van der Waals surface area contributed by atoms with Crippen LogP contribution in [0.3, 0.4) is 0 Å². The normalized spacial score (nSPS) is 15.2. The first kappa shape index (κ1) is 26.8. The molecule has 2 amide bonds. The van der Waals surface area contributed by atoms with Gasteiger partial charge in [0.1, 0.15) is 11.6 Å². The lowest BCUT2D eigenvalue weighted by Crippen LogP contribution is -2.33. The average Bonchev–Trinajstić information content (AvgIpc) is 2.88. The molecule has 2 N–H and O–H groups in total. The molecule has 0 aliphatic carbocycles. The fourth-order valence-electron chi connectivity index (χ4n) is 4.09. The highest BCUT2D eigenvalue weighted by molar-refractivity contribution is 8.03. The van der Waals surface area contributed by atoms with Gasteiger partial charge in [-0.1, -0.05) is 42.1 Å². The summed E-state index contributed by atoms with van der Waals surface area (Å²) in [6.45, 7) is 6.66. The molecular formula is C27H29FN4O3S. The van der Waals surface area contributed by atoms with Crippen molar-refractivity contribution in [3.63, 3.8) is 0 Å². The highest BCUT2D eigenvalue weighted by Gasteiger charge is 2.36. The van der Waals surface area contributed by atoms with Gasteiger partial charge in [-0.15, -0.1) is 0 Å². The van der Waals surface area contributed by atoms with E-state index in [2.05, 4.69) is 16.7 Å². The van der Waals surface area contributed by atoms with Gasteiger partial charge < -0.3 is 20.3 Å². The largest absolute Gasteiger partial charge is 0.495 e. The van der Waals surface area contributed by atoms with Crippen molar-refractivity contribution in [2.24, 2.45) is 0 Å². The topological polar surface area (TPSA) is 94.5 Å². The number of dihydropyridines is 1. The summed E-state index contributed by atoms with van der Waals surface area (Å²) >= 11 is 1.18. The maximum atomic E-state index is 15.0. The molecule has 36 heavy (non-hydrogen) atoms. The van der Waals surface area contributed by atoms with Crippen molar-refractivity contribution in [3.05, 3.63) is 81.8 Å². The fraction of sp³-hybridized carbons (Fsp3) is 0.296. The second-order valence-corrected chi connectivity index (χ2v) is 8.97. The van der Waals surface area contributed by atoms with Crippen molar-refractivity contribution in [3.8, 4) is 11.8 Å². The van der Waals surface area contributed by atoms with E-state index in [0.717, 1.165) is 0 Å². The van der Waals surface area contributed by atoms with Gasteiger partial charge in [-0.05, 0) is 39.0 Å². The number of benzene rings is 2. The smallest absolute Gasteiger partial charge is 0.254 e. The minimum atomic E-state index is -0.960. The number of hydrogen-bond donors (Lipinski definition) is 2. The van der Waals surface area contributed by atoms with E-state index in [9.17, 15) is 14.9 Å². The molecule has 1 aliphatic rings. The molecule has 7 nitrogen and oxygen atoms in total. The number of halogens is 1. The van der Waals surface area contributed by atoms with E-state index < -0.39 is 17.6 Å². The summed E-state index contributed by atoms with van der Waals surface area (Å²) in [4.78, 5) is 27.8. The molecule has 0 aromatic heterocycles. The van der Waals surface area contributed by atoms with Crippen LogP contribution in [-0.2, 0) is 9.59 Å². The third-order valence-corrected chi connectivity index (χ3v) is 6.92. The van der Waals surface area contributed by atoms with Crippen LogP contribution in [0.25, 0.3) is 0 Å². The number of nitriles is 1. The zero-order valence-corrected chi connectivity index (χ0v) is 21.5. The van der Waals surface area contributed by atoms with Gasteiger partial charge >= 0.3 is 0 Å². The third-order valence-electron chi connectivity index (χ3n) is 5.92. The summed E-state index contributed by atoms with van der Waals surface area (Å²) in [5.41, 5.74) is 1.50. The molecule has 0 saturated heterocycles. The molecule has 3 rings (SSSR count). The molecular weight excluding hydrogens is 479 g/mol. The lowest BCUT2D eigenvalue weighted by Gasteiger charge is -2.30. The van der Waals surface area contributed by atoms with Crippen molar-refractivity contribution < 1.29 is 18.7 Å². The molecule has 2 aromatic carbocycles. The Morgan fingerprint density at radius 3 is 2.47 bits per heavy atom. The Morgan fingerprint density at radius 1 is 1.17 bits per heavy atom. The fourth-order valence-corrected chi connectivity index (χ4v) is 5.08. The van der Waals surface area contributed by atoms with Gasteiger partial charge in [0.15, 0.2) is 0 Å². The maximum absolute atomic E-state index is 15.0. The number of amides is 2. The monoisotopic (exact) mass is 508 g/mol. The van der Waals surface area contributed by atoms with Gasteiger partial charge in [0, 0.05) is 29.9 Å². The molecule has 0 bridgehead atoms. The number of nitrogens with zero attached hydrogens (tertiary/aromatic N) is 2. The first-order valence-electron chi connectivity index (χ1n) is 11.6. The number of para-hydroxylation sites is 2. The number of thioether (sulfide) groups is 1. The van der Waals surface area contributed by atoms with Crippen LogP contribution in [0.1, 0.15) is 32.3 Å². The third kappa shape index (κ3) is 5.71. The molecule has 0 fully saturated rings. The Hall–Kier alpha value is -3.77. The maximum Gasteiger partial charge on any atom is 0.254 e. The highest BCUT2D eigenvalue weighted by atomic mass is 32.2. The zero-order chi connectivity index (χ0) is 26.2. The Morgan fingerprint density at radius 2 is 1.83 bits per heavy atom. The van der Waals surface area contributed by atoms with Gasteiger partial charge in [-0.2, -0.15) is 5.26 Å². The Kier molecular flexibility index (Phi) is 9.14. The summed E-state index contributed by atoms with van der Waals surface area (Å²) in [7, 11) is 1.50. The van der Waals surface area contributed by atoms with E-state index >= 15 is 4.39 Å². The summed E-state index contributed by atoms with van der Waals surface area (Å²) in [5, 5.41) is 16.5. The van der Waals surface area contributed by atoms with Gasteiger partial charge in [0.2, 0.25) is 5.91 Å². The van der Waals surface area contributed by atoms with Crippen molar-refractivity contribution in [2.45, 2.75) is 26.7 Å². The quantitative estimate of drug-likeness (QED) is 0.507. The second kappa shape index (κ2) is 12.3. The molecule has 188 valence electrons. The van der Waals surface area contributed by atoms with Crippen molar-refractivity contribution >= 4 is 29.3 Å². The van der Waals surface area contributed by atoms with Gasteiger partial charge in [-0.25, -0.2) is 4.39 Å². The molecule has 9 heteroatoms. The number of nitrogens with one attached hydrogen (secondary N) is 2. The van der Waals surface area contributed by atoms with E-state index in [1.165, 1.54) is 24.9 Å². The zero-order valence-electron chi connectivity index (χ0n) is 20.7. The Balaban J connectivity index is 2.04. The number of anilines is 1. The summed E-state index contributed by atoms with van der Waals surface area (Å²) in [6.07, 6.45) is 0. The Bertz CT molecular complexity index is 1250. The number of ether oxygens (including phenoxy) is 1. The van der Waals surface area contributed by atoms with E-state index in [0.29, 0.717) is 35.3 Å². The molecule has 1 aliphatic heterocycles. The molecule has 1 atom stereocenters. The summed E-state index contributed by atoms with van der Waals surface area (Å²) in [6, 6.07) is 15.2. The predicted molar refractivity (Wildman–Crippen MR) is 140 cm³/mol.